The molecule has 0 amide bonds. The molecular weight excluding hydrogens is 278 g/mol. The lowest BCUT2D eigenvalue weighted by atomic mass is 9.93. The van der Waals surface area contributed by atoms with Gasteiger partial charge in [-0.25, -0.2) is 0 Å². The Morgan fingerprint density at radius 3 is 1.86 bits per heavy atom. The van der Waals surface area contributed by atoms with Crippen LogP contribution in [0.4, 0.5) is 0 Å². The first kappa shape index (κ1) is 14.9. The highest BCUT2D eigenvalue weighted by molar-refractivity contribution is 6.39. The molecule has 0 atom stereocenters. The van der Waals surface area contributed by atoms with Crippen molar-refractivity contribution in [2.75, 3.05) is 0 Å². The highest BCUT2D eigenvalue weighted by atomic mass is 16.5. The molecule has 1 aliphatic carbocycles. The number of ketones is 2. The third-order valence-corrected chi connectivity index (χ3v) is 4.45. The maximum atomic E-state index is 12.4. The molecule has 0 saturated heterocycles. The molecular formula is C18H18NO3. The summed E-state index contributed by atoms with van der Waals surface area (Å²) < 4.78 is 0. The number of allylic oxidation sites excluding steroid dienone is 1. The quantitative estimate of drug-likeness (QED) is 0.591. The molecule has 1 heterocycles. The third-order valence-electron chi connectivity index (χ3n) is 4.45. The van der Waals surface area contributed by atoms with Crippen LogP contribution in [0.25, 0.3) is 0 Å². The van der Waals surface area contributed by atoms with E-state index < -0.39 is 11.1 Å². The summed E-state index contributed by atoms with van der Waals surface area (Å²) in [5.41, 5.74) is 0.296. The van der Waals surface area contributed by atoms with E-state index in [1.807, 2.05) is 19.9 Å². The molecule has 0 N–H and O–H groups in total. The zero-order chi connectivity index (χ0) is 16.3. The minimum Gasteiger partial charge on any atom is -0.288 e. The second-order valence-corrected chi connectivity index (χ2v) is 6.87. The van der Waals surface area contributed by atoms with E-state index in [2.05, 4.69) is 0 Å². The molecule has 4 heteroatoms. The van der Waals surface area contributed by atoms with Gasteiger partial charge in [-0.3, -0.25) is 9.59 Å². The zero-order valence-electron chi connectivity index (χ0n) is 13.1. The van der Waals surface area contributed by atoms with Crippen LogP contribution >= 0.6 is 0 Å². The lowest BCUT2D eigenvalue weighted by Crippen LogP contribution is -2.46. The molecule has 1 aromatic carbocycles. The number of carbonyl (C=O) groups excluding carboxylic acids is 2. The molecule has 0 saturated carbocycles. The second kappa shape index (κ2) is 4.48. The summed E-state index contributed by atoms with van der Waals surface area (Å²) >= 11 is 0. The zero-order valence-corrected chi connectivity index (χ0v) is 13.1. The fraction of sp³-hybridized carbons (Fsp3) is 0.333. The summed E-state index contributed by atoms with van der Waals surface area (Å²) in [6, 6.07) is 6.81. The topological polar surface area (TPSA) is 57.3 Å². The van der Waals surface area contributed by atoms with Crippen molar-refractivity contribution < 1.29 is 14.8 Å². The summed E-state index contributed by atoms with van der Waals surface area (Å²) in [6.07, 6.45) is 3.42. The van der Waals surface area contributed by atoms with Gasteiger partial charge in [0.15, 0.2) is 11.6 Å². The van der Waals surface area contributed by atoms with E-state index >= 15 is 0 Å². The number of Topliss-reactive ketones (excluding diaryl/α,β-unsaturated/α-hetero) is 2. The van der Waals surface area contributed by atoms with Crippen LogP contribution in [0.5, 0.6) is 0 Å². The van der Waals surface area contributed by atoms with E-state index in [1.165, 1.54) is 0 Å². The first-order chi connectivity index (χ1) is 10.2. The van der Waals surface area contributed by atoms with Gasteiger partial charge in [0.25, 0.3) is 0 Å². The summed E-state index contributed by atoms with van der Waals surface area (Å²) in [4.78, 5) is 24.9. The monoisotopic (exact) mass is 296 g/mol. The maximum absolute atomic E-state index is 12.4. The number of nitrogens with zero attached hydrogens (tertiary/aromatic N) is 1. The van der Waals surface area contributed by atoms with Gasteiger partial charge in [0.2, 0.25) is 0 Å². The molecule has 113 valence electrons. The largest absolute Gasteiger partial charge is 0.288 e. The number of carbonyl (C=O) groups is 2. The Kier molecular flexibility index (Phi) is 3.03. The van der Waals surface area contributed by atoms with Crippen molar-refractivity contribution in [1.82, 2.24) is 5.06 Å². The van der Waals surface area contributed by atoms with Gasteiger partial charge in [0, 0.05) is 11.1 Å². The third kappa shape index (κ3) is 1.91. The van der Waals surface area contributed by atoms with Crippen molar-refractivity contribution in [1.29, 1.82) is 0 Å². The summed E-state index contributed by atoms with van der Waals surface area (Å²) in [6.45, 7) is 7.24. The summed E-state index contributed by atoms with van der Waals surface area (Å²) in [7, 11) is 0. The van der Waals surface area contributed by atoms with Gasteiger partial charge in [-0.2, -0.15) is 0 Å². The molecule has 0 spiro atoms. The molecule has 0 unspecified atom stereocenters. The smallest absolute Gasteiger partial charge is 0.197 e. The molecule has 1 aromatic rings. The number of hydroxylamine groups is 2. The Bertz CT molecular complexity index is 716. The van der Waals surface area contributed by atoms with Gasteiger partial charge in [-0.05, 0) is 39.3 Å². The predicted octanol–water partition coefficient (Wildman–Crippen LogP) is 3.14. The number of hydrogen-bond donors (Lipinski definition) is 0. The van der Waals surface area contributed by atoms with Gasteiger partial charge in [0.1, 0.15) is 0 Å². The van der Waals surface area contributed by atoms with Gasteiger partial charge < -0.3 is 0 Å². The normalized spacial score (nSPS) is 22.8. The Hall–Kier alpha value is -2.04. The molecule has 1 radical (unpaired) electrons. The van der Waals surface area contributed by atoms with Crippen LogP contribution in [-0.2, 0) is 5.21 Å². The number of hydrogen-bond acceptors (Lipinski definition) is 3. The molecule has 0 aromatic heterocycles. The number of rotatable bonds is 1. The Morgan fingerprint density at radius 1 is 0.955 bits per heavy atom. The first-order valence-electron chi connectivity index (χ1n) is 7.27. The highest BCUT2D eigenvalue weighted by Gasteiger charge is 2.46. The van der Waals surface area contributed by atoms with Gasteiger partial charge >= 0.3 is 0 Å². The molecule has 2 aliphatic rings. The van der Waals surface area contributed by atoms with Crippen LogP contribution in [0.1, 0.15) is 48.4 Å². The lowest BCUT2D eigenvalue weighted by molar-refractivity contribution is -0.238. The van der Waals surface area contributed by atoms with E-state index in [-0.39, 0.29) is 17.1 Å². The number of fused-ring (bicyclic) bond motifs is 1. The summed E-state index contributed by atoms with van der Waals surface area (Å²) in [5, 5.41) is 13.4. The Balaban J connectivity index is 2.09. The van der Waals surface area contributed by atoms with Crippen molar-refractivity contribution >= 4 is 11.6 Å². The minimum absolute atomic E-state index is 0.145. The second-order valence-electron chi connectivity index (χ2n) is 6.87. The SMILES string of the molecule is CC1(C)C=C(C=C2C(=O)c3ccccc3C2=O)C(C)(C)N1[O]. The molecule has 3 rings (SSSR count). The van der Waals surface area contributed by atoms with E-state index in [0.29, 0.717) is 16.7 Å². The molecule has 0 bridgehead atoms. The molecule has 0 fully saturated rings. The molecule has 22 heavy (non-hydrogen) atoms. The Morgan fingerprint density at radius 2 is 1.45 bits per heavy atom. The van der Waals surface area contributed by atoms with Crippen LogP contribution in [0.2, 0.25) is 0 Å². The minimum atomic E-state index is -0.772. The van der Waals surface area contributed by atoms with Gasteiger partial charge in [-0.15, -0.1) is 10.3 Å². The first-order valence-corrected chi connectivity index (χ1v) is 7.27. The predicted molar refractivity (Wildman–Crippen MR) is 82.0 cm³/mol. The van der Waals surface area contributed by atoms with Crippen LogP contribution < -0.4 is 0 Å². The van der Waals surface area contributed by atoms with Crippen molar-refractivity contribution in [3.8, 4) is 0 Å². The fourth-order valence-corrected chi connectivity index (χ4v) is 3.23. The molecule has 4 nitrogen and oxygen atoms in total. The van der Waals surface area contributed by atoms with Crippen molar-refractivity contribution in [2.24, 2.45) is 0 Å². The average molecular weight is 296 g/mol. The van der Waals surface area contributed by atoms with Crippen molar-refractivity contribution in [3.63, 3.8) is 0 Å². The van der Waals surface area contributed by atoms with Gasteiger partial charge in [0.05, 0.1) is 16.7 Å². The van der Waals surface area contributed by atoms with Gasteiger partial charge in [-0.1, -0.05) is 30.3 Å². The standard InChI is InChI=1S/C18H18NO3/c1-17(2)10-11(18(3,4)19(17)22)9-14-15(20)12-7-5-6-8-13(12)16(14)21/h5-10H,1-4H3. The number of benzene rings is 1. The van der Waals surface area contributed by atoms with Crippen LogP contribution in [0.3, 0.4) is 0 Å². The highest BCUT2D eigenvalue weighted by Crippen LogP contribution is 2.40. The average Bonchev–Trinajstić information content (AvgIpc) is 2.78. The Labute approximate surface area is 129 Å². The molecule has 1 aliphatic heterocycles. The van der Waals surface area contributed by atoms with Crippen molar-refractivity contribution in [3.05, 3.63) is 58.7 Å². The van der Waals surface area contributed by atoms with Crippen molar-refractivity contribution in [2.45, 2.75) is 38.8 Å². The van der Waals surface area contributed by atoms with Crippen LogP contribution in [0, 0.1) is 0 Å². The fourth-order valence-electron chi connectivity index (χ4n) is 3.23. The summed E-state index contributed by atoms with van der Waals surface area (Å²) in [5.74, 6) is -0.529. The van der Waals surface area contributed by atoms with E-state index in [4.69, 9.17) is 0 Å². The van der Waals surface area contributed by atoms with E-state index in [9.17, 15) is 14.8 Å². The van der Waals surface area contributed by atoms with E-state index in [1.54, 1.807) is 44.2 Å². The lowest BCUT2D eigenvalue weighted by Gasteiger charge is -2.33. The van der Waals surface area contributed by atoms with E-state index in [0.717, 1.165) is 5.06 Å². The maximum Gasteiger partial charge on any atom is 0.197 e. The van der Waals surface area contributed by atoms with Crippen LogP contribution in [-0.4, -0.2) is 27.7 Å². The van der Waals surface area contributed by atoms with Crippen LogP contribution in [0.15, 0.2) is 47.6 Å².